The van der Waals surface area contributed by atoms with Crippen LogP contribution >= 0.6 is 0 Å². The molecular weight excluding hydrogens is 324 g/mol. The second kappa shape index (κ2) is 6.08. The summed E-state index contributed by atoms with van der Waals surface area (Å²) in [6, 6.07) is 11.6. The van der Waals surface area contributed by atoms with Crippen molar-refractivity contribution >= 4 is 23.1 Å². The first-order valence-corrected chi connectivity index (χ1v) is 7.91. The highest BCUT2D eigenvalue weighted by Crippen LogP contribution is 2.36. The van der Waals surface area contributed by atoms with E-state index in [2.05, 4.69) is 33.5 Å². The average Bonchev–Trinajstić information content (AvgIpc) is 2.93. The monoisotopic (exact) mass is 339 g/mol. The van der Waals surface area contributed by atoms with E-state index in [9.17, 15) is 8.78 Å². The number of halogens is 2. The number of fused-ring (bicyclic) bond motifs is 1. The lowest BCUT2D eigenvalue weighted by Crippen LogP contribution is -2.26. The molecule has 3 aromatic rings. The van der Waals surface area contributed by atoms with Crippen LogP contribution in [-0.4, -0.2) is 21.2 Å². The number of nitrogens with zero attached hydrogens (tertiary/aromatic N) is 4. The number of hydrogen-bond donors (Lipinski definition) is 1. The molecule has 25 heavy (non-hydrogen) atoms. The third-order valence-electron chi connectivity index (χ3n) is 4.16. The molecule has 7 heteroatoms. The lowest BCUT2D eigenvalue weighted by atomic mass is 10.1. The van der Waals surface area contributed by atoms with Crippen molar-refractivity contribution in [2.75, 3.05) is 10.2 Å². The molecule has 1 aliphatic rings. The van der Waals surface area contributed by atoms with Crippen molar-refractivity contribution in [3.63, 3.8) is 0 Å². The predicted molar refractivity (Wildman–Crippen MR) is 91.2 cm³/mol. The molecule has 0 fully saturated rings. The maximum absolute atomic E-state index is 13.8. The van der Waals surface area contributed by atoms with Crippen molar-refractivity contribution < 1.29 is 8.78 Å². The molecule has 1 atom stereocenters. The first-order valence-electron chi connectivity index (χ1n) is 7.91. The van der Waals surface area contributed by atoms with Gasteiger partial charge in [-0.15, -0.1) is 5.10 Å². The van der Waals surface area contributed by atoms with E-state index in [1.807, 2.05) is 23.1 Å². The van der Waals surface area contributed by atoms with Gasteiger partial charge in [0, 0.05) is 17.8 Å². The summed E-state index contributed by atoms with van der Waals surface area (Å²) in [7, 11) is 0. The molecule has 126 valence electrons. The summed E-state index contributed by atoms with van der Waals surface area (Å²) in [4.78, 5) is 6.45. The SMILES string of the molecule is CC1Cc2ccccc2N1c1nncc(Nc2ccc(F)cc2F)n1. The van der Waals surface area contributed by atoms with Crippen LogP contribution in [0.1, 0.15) is 12.5 Å². The Morgan fingerprint density at radius 2 is 2.00 bits per heavy atom. The zero-order chi connectivity index (χ0) is 17.4. The Kier molecular flexibility index (Phi) is 3.76. The molecule has 1 unspecified atom stereocenters. The maximum atomic E-state index is 13.8. The Morgan fingerprint density at radius 3 is 2.84 bits per heavy atom. The molecular formula is C18H15F2N5. The molecule has 2 heterocycles. The smallest absolute Gasteiger partial charge is 0.252 e. The van der Waals surface area contributed by atoms with E-state index in [4.69, 9.17) is 0 Å². The number of benzene rings is 2. The van der Waals surface area contributed by atoms with E-state index in [0.29, 0.717) is 11.8 Å². The second-order valence-electron chi connectivity index (χ2n) is 5.94. The fourth-order valence-corrected chi connectivity index (χ4v) is 3.06. The minimum atomic E-state index is -0.694. The lowest BCUT2D eigenvalue weighted by molar-refractivity contribution is 0.586. The number of anilines is 4. The van der Waals surface area contributed by atoms with E-state index in [1.165, 1.54) is 23.9 Å². The molecule has 0 bridgehead atoms. The number of rotatable bonds is 3. The summed E-state index contributed by atoms with van der Waals surface area (Å²) in [6.45, 7) is 2.09. The highest BCUT2D eigenvalue weighted by molar-refractivity contribution is 5.68. The first-order chi connectivity index (χ1) is 12.1. The molecule has 0 radical (unpaired) electrons. The number of nitrogens with one attached hydrogen (secondary N) is 1. The van der Waals surface area contributed by atoms with Crippen LogP contribution in [0.15, 0.2) is 48.7 Å². The van der Waals surface area contributed by atoms with Gasteiger partial charge in [-0.1, -0.05) is 18.2 Å². The first kappa shape index (κ1) is 15.4. The molecule has 1 aromatic heterocycles. The van der Waals surface area contributed by atoms with Crippen LogP contribution in [0.3, 0.4) is 0 Å². The quantitative estimate of drug-likeness (QED) is 0.782. The fourth-order valence-electron chi connectivity index (χ4n) is 3.06. The summed E-state index contributed by atoms with van der Waals surface area (Å²) >= 11 is 0. The van der Waals surface area contributed by atoms with E-state index in [0.717, 1.165) is 18.2 Å². The summed E-state index contributed by atoms with van der Waals surface area (Å²) in [6.07, 6.45) is 2.29. The van der Waals surface area contributed by atoms with Crippen molar-refractivity contribution in [1.82, 2.24) is 15.2 Å². The minimum absolute atomic E-state index is 0.128. The van der Waals surface area contributed by atoms with Gasteiger partial charge in [0.1, 0.15) is 11.6 Å². The van der Waals surface area contributed by atoms with E-state index < -0.39 is 11.6 Å². The largest absolute Gasteiger partial charge is 0.336 e. The third-order valence-corrected chi connectivity index (χ3v) is 4.16. The van der Waals surface area contributed by atoms with Gasteiger partial charge in [-0.05, 0) is 37.1 Å². The van der Waals surface area contributed by atoms with Gasteiger partial charge in [0.25, 0.3) is 5.95 Å². The molecule has 0 saturated heterocycles. The molecule has 0 aliphatic carbocycles. The van der Waals surface area contributed by atoms with E-state index in [1.54, 1.807) is 0 Å². The zero-order valence-electron chi connectivity index (χ0n) is 13.4. The molecule has 0 saturated carbocycles. The molecule has 1 aliphatic heterocycles. The van der Waals surface area contributed by atoms with Gasteiger partial charge < -0.3 is 10.2 Å². The van der Waals surface area contributed by atoms with Gasteiger partial charge in [0.15, 0.2) is 5.82 Å². The van der Waals surface area contributed by atoms with Gasteiger partial charge in [0.2, 0.25) is 0 Å². The predicted octanol–water partition coefficient (Wildman–Crippen LogP) is 3.98. The Balaban J connectivity index is 1.66. The maximum Gasteiger partial charge on any atom is 0.252 e. The fraction of sp³-hybridized carbons (Fsp3) is 0.167. The topological polar surface area (TPSA) is 53.9 Å². The third kappa shape index (κ3) is 2.88. The standard InChI is InChI=1S/C18H15F2N5/c1-11-8-12-4-2-3-5-16(12)25(11)18-23-17(10-21-24-18)22-15-7-6-13(19)9-14(15)20/h2-7,9-11H,8H2,1H3,(H,22,23,24). The molecule has 5 nitrogen and oxygen atoms in total. The Hall–Kier alpha value is -3.09. The van der Waals surface area contributed by atoms with Crippen LogP contribution in [0.25, 0.3) is 0 Å². The zero-order valence-corrected chi connectivity index (χ0v) is 13.4. The molecule has 2 aromatic carbocycles. The summed E-state index contributed by atoms with van der Waals surface area (Å²) in [5, 5.41) is 10.9. The average molecular weight is 339 g/mol. The highest BCUT2D eigenvalue weighted by Gasteiger charge is 2.29. The highest BCUT2D eigenvalue weighted by atomic mass is 19.1. The van der Waals surface area contributed by atoms with Crippen molar-refractivity contribution in [3.05, 3.63) is 65.9 Å². The minimum Gasteiger partial charge on any atom is -0.336 e. The second-order valence-corrected chi connectivity index (χ2v) is 5.94. The van der Waals surface area contributed by atoms with Crippen LogP contribution in [0.4, 0.5) is 31.9 Å². The van der Waals surface area contributed by atoms with E-state index >= 15 is 0 Å². The van der Waals surface area contributed by atoms with Crippen molar-refractivity contribution in [2.45, 2.75) is 19.4 Å². The van der Waals surface area contributed by atoms with Crippen LogP contribution < -0.4 is 10.2 Å². The van der Waals surface area contributed by atoms with Gasteiger partial charge in [0.05, 0.1) is 11.9 Å². The van der Waals surface area contributed by atoms with Gasteiger partial charge in [-0.25, -0.2) is 8.78 Å². The Bertz CT molecular complexity index is 931. The molecule has 1 N–H and O–H groups in total. The molecule has 4 rings (SSSR count). The van der Waals surface area contributed by atoms with Crippen LogP contribution in [0.2, 0.25) is 0 Å². The molecule has 0 spiro atoms. The van der Waals surface area contributed by atoms with Crippen molar-refractivity contribution in [3.8, 4) is 0 Å². The van der Waals surface area contributed by atoms with E-state index in [-0.39, 0.29) is 11.7 Å². The Labute approximate surface area is 143 Å². The normalized spacial score (nSPS) is 16.0. The van der Waals surface area contributed by atoms with Crippen LogP contribution in [-0.2, 0) is 6.42 Å². The number of hydrogen-bond acceptors (Lipinski definition) is 5. The summed E-state index contributed by atoms with van der Waals surface area (Å²) in [5.41, 5.74) is 2.39. The number of para-hydroxylation sites is 1. The van der Waals surface area contributed by atoms with Gasteiger partial charge in [-0.3, -0.25) is 0 Å². The summed E-state index contributed by atoms with van der Waals surface area (Å²) in [5.74, 6) is -0.552. The molecule has 0 amide bonds. The summed E-state index contributed by atoms with van der Waals surface area (Å²) < 4.78 is 26.8. The Morgan fingerprint density at radius 1 is 1.16 bits per heavy atom. The van der Waals surface area contributed by atoms with Gasteiger partial charge >= 0.3 is 0 Å². The van der Waals surface area contributed by atoms with Crippen LogP contribution in [0, 0.1) is 11.6 Å². The van der Waals surface area contributed by atoms with Crippen molar-refractivity contribution in [1.29, 1.82) is 0 Å². The van der Waals surface area contributed by atoms with Crippen molar-refractivity contribution in [2.24, 2.45) is 0 Å². The lowest BCUT2D eigenvalue weighted by Gasteiger charge is -2.22. The van der Waals surface area contributed by atoms with Gasteiger partial charge in [-0.2, -0.15) is 10.1 Å². The number of aromatic nitrogens is 3. The van der Waals surface area contributed by atoms with Crippen LogP contribution in [0.5, 0.6) is 0 Å².